The third kappa shape index (κ3) is 4.53. The normalized spacial score (nSPS) is 20.2. The SMILES string of the molecule is COC(=O)C1C(C)=NC(C)=C(C(=O)OC(C)(C)C)C1c1cccc(Cl)c1Cl. The summed E-state index contributed by atoms with van der Waals surface area (Å²) in [5.74, 6) is -2.58. The van der Waals surface area contributed by atoms with Crippen molar-refractivity contribution in [3.63, 3.8) is 0 Å². The lowest BCUT2D eigenvalue weighted by Gasteiger charge is -2.33. The van der Waals surface area contributed by atoms with Crippen LogP contribution >= 0.6 is 23.2 Å². The first-order valence-electron chi connectivity index (χ1n) is 8.49. The van der Waals surface area contributed by atoms with Crippen LogP contribution in [0.4, 0.5) is 0 Å². The van der Waals surface area contributed by atoms with Crippen molar-refractivity contribution in [1.82, 2.24) is 0 Å². The quantitative estimate of drug-likeness (QED) is 0.659. The fraction of sp³-hybridized carbons (Fsp3) is 0.450. The fourth-order valence-corrected chi connectivity index (χ4v) is 3.59. The third-order valence-corrected chi connectivity index (χ3v) is 5.05. The molecule has 0 radical (unpaired) electrons. The lowest BCUT2D eigenvalue weighted by Crippen LogP contribution is -2.37. The molecule has 27 heavy (non-hydrogen) atoms. The van der Waals surface area contributed by atoms with Crippen molar-refractivity contribution in [3.05, 3.63) is 45.1 Å². The molecule has 0 bridgehead atoms. The molecule has 0 saturated carbocycles. The molecular formula is C20H23Cl2NO4. The number of benzene rings is 1. The summed E-state index contributed by atoms with van der Waals surface area (Å²) >= 11 is 12.6. The Balaban J connectivity index is 2.72. The molecule has 1 aliphatic rings. The Bertz CT molecular complexity index is 837. The molecule has 1 heterocycles. The predicted molar refractivity (Wildman–Crippen MR) is 106 cm³/mol. The minimum Gasteiger partial charge on any atom is -0.468 e. The monoisotopic (exact) mass is 411 g/mol. The smallest absolute Gasteiger partial charge is 0.337 e. The molecule has 2 rings (SSSR count). The molecule has 146 valence electrons. The largest absolute Gasteiger partial charge is 0.468 e. The van der Waals surface area contributed by atoms with E-state index in [4.69, 9.17) is 32.7 Å². The highest BCUT2D eigenvalue weighted by atomic mass is 35.5. The van der Waals surface area contributed by atoms with E-state index in [1.807, 2.05) is 0 Å². The van der Waals surface area contributed by atoms with Gasteiger partial charge in [-0.1, -0.05) is 35.3 Å². The van der Waals surface area contributed by atoms with E-state index >= 15 is 0 Å². The summed E-state index contributed by atoms with van der Waals surface area (Å²) < 4.78 is 10.5. The maximum atomic E-state index is 13.0. The van der Waals surface area contributed by atoms with Crippen molar-refractivity contribution >= 4 is 40.9 Å². The van der Waals surface area contributed by atoms with Crippen LogP contribution in [0.5, 0.6) is 0 Å². The maximum Gasteiger partial charge on any atom is 0.337 e. The number of aliphatic imine (C=N–C) groups is 1. The Morgan fingerprint density at radius 1 is 1.15 bits per heavy atom. The summed E-state index contributed by atoms with van der Waals surface area (Å²) in [4.78, 5) is 30.0. The van der Waals surface area contributed by atoms with Crippen molar-refractivity contribution < 1.29 is 19.1 Å². The van der Waals surface area contributed by atoms with Crippen molar-refractivity contribution in [2.45, 2.75) is 46.1 Å². The zero-order valence-corrected chi connectivity index (χ0v) is 17.7. The van der Waals surface area contributed by atoms with Gasteiger partial charge in [-0.3, -0.25) is 9.79 Å². The third-order valence-electron chi connectivity index (χ3n) is 4.22. The van der Waals surface area contributed by atoms with E-state index in [0.717, 1.165) is 0 Å². The Morgan fingerprint density at radius 2 is 1.78 bits per heavy atom. The van der Waals surface area contributed by atoms with Gasteiger partial charge < -0.3 is 9.47 Å². The van der Waals surface area contributed by atoms with Crippen molar-refractivity contribution in [2.75, 3.05) is 7.11 Å². The molecule has 0 aromatic heterocycles. The zero-order valence-electron chi connectivity index (χ0n) is 16.2. The lowest BCUT2D eigenvalue weighted by molar-refractivity contribution is -0.150. The number of ether oxygens (including phenoxy) is 2. The van der Waals surface area contributed by atoms with Gasteiger partial charge in [0, 0.05) is 17.3 Å². The first kappa shape index (κ1) is 21.5. The van der Waals surface area contributed by atoms with Crippen LogP contribution in [-0.4, -0.2) is 30.4 Å². The average molecular weight is 412 g/mol. The fourth-order valence-electron chi connectivity index (χ4n) is 3.16. The van der Waals surface area contributed by atoms with Crippen LogP contribution in [0.15, 0.2) is 34.5 Å². The van der Waals surface area contributed by atoms with Gasteiger partial charge in [0.05, 0.1) is 22.7 Å². The molecule has 1 aromatic rings. The highest BCUT2D eigenvalue weighted by Crippen LogP contribution is 2.44. The second kappa shape index (κ2) is 8.03. The van der Waals surface area contributed by atoms with Crippen LogP contribution in [0.25, 0.3) is 0 Å². The van der Waals surface area contributed by atoms with E-state index < -0.39 is 29.4 Å². The molecule has 1 aliphatic heterocycles. The zero-order chi connectivity index (χ0) is 20.5. The van der Waals surface area contributed by atoms with Crippen LogP contribution in [-0.2, 0) is 19.1 Å². The lowest BCUT2D eigenvalue weighted by atomic mass is 9.75. The molecule has 7 heteroatoms. The van der Waals surface area contributed by atoms with Gasteiger partial charge in [-0.25, -0.2) is 4.79 Å². The second-order valence-electron chi connectivity index (χ2n) is 7.38. The molecule has 0 amide bonds. The van der Waals surface area contributed by atoms with Gasteiger partial charge >= 0.3 is 11.9 Å². The minimum absolute atomic E-state index is 0.273. The van der Waals surface area contributed by atoms with Gasteiger partial charge in [0.2, 0.25) is 0 Å². The highest BCUT2D eigenvalue weighted by molar-refractivity contribution is 6.42. The van der Waals surface area contributed by atoms with Crippen LogP contribution in [0.3, 0.4) is 0 Å². The van der Waals surface area contributed by atoms with E-state index in [-0.39, 0.29) is 10.6 Å². The maximum absolute atomic E-state index is 13.0. The van der Waals surface area contributed by atoms with E-state index in [0.29, 0.717) is 22.0 Å². The molecule has 0 fully saturated rings. The van der Waals surface area contributed by atoms with Crippen molar-refractivity contribution in [2.24, 2.45) is 10.9 Å². The number of halogens is 2. The average Bonchev–Trinajstić information content (AvgIpc) is 2.54. The van der Waals surface area contributed by atoms with Crippen LogP contribution in [0, 0.1) is 5.92 Å². The van der Waals surface area contributed by atoms with E-state index in [2.05, 4.69) is 4.99 Å². The van der Waals surface area contributed by atoms with Crippen molar-refractivity contribution in [1.29, 1.82) is 0 Å². The van der Waals surface area contributed by atoms with Crippen LogP contribution in [0.2, 0.25) is 10.0 Å². The summed E-state index contributed by atoms with van der Waals surface area (Å²) in [5.41, 5.74) is 1.13. The Kier molecular flexibility index (Phi) is 6.38. The number of nitrogens with zero attached hydrogens (tertiary/aromatic N) is 1. The first-order valence-corrected chi connectivity index (χ1v) is 9.24. The van der Waals surface area contributed by atoms with Gasteiger partial charge in [-0.2, -0.15) is 0 Å². The number of hydrogen-bond acceptors (Lipinski definition) is 5. The summed E-state index contributed by atoms with van der Waals surface area (Å²) in [5, 5.41) is 0.612. The summed E-state index contributed by atoms with van der Waals surface area (Å²) in [7, 11) is 1.30. The standard InChI is InChI=1S/C20H23Cl2NO4/c1-10-14(18(24)26-6)16(12-8-7-9-13(21)17(12)22)15(11(2)23-10)19(25)27-20(3,4)5/h7-9,14,16H,1-6H3. The molecular weight excluding hydrogens is 389 g/mol. The molecule has 2 atom stereocenters. The minimum atomic E-state index is -0.808. The van der Waals surface area contributed by atoms with Gasteiger partial charge in [0.25, 0.3) is 0 Å². The molecule has 0 N–H and O–H groups in total. The van der Waals surface area contributed by atoms with E-state index in [1.54, 1.807) is 52.8 Å². The Hall–Kier alpha value is -1.85. The topological polar surface area (TPSA) is 65.0 Å². The van der Waals surface area contributed by atoms with Gasteiger partial charge in [0.15, 0.2) is 0 Å². The molecule has 0 spiro atoms. The highest BCUT2D eigenvalue weighted by Gasteiger charge is 2.43. The Labute approximate surface area is 169 Å². The number of hydrogen-bond donors (Lipinski definition) is 0. The van der Waals surface area contributed by atoms with E-state index in [1.165, 1.54) is 7.11 Å². The summed E-state index contributed by atoms with van der Waals surface area (Å²) in [6, 6.07) is 5.11. The molecule has 0 aliphatic carbocycles. The molecule has 0 saturated heterocycles. The number of allylic oxidation sites excluding steroid dienone is 1. The van der Waals surface area contributed by atoms with Crippen LogP contribution < -0.4 is 0 Å². The van der Waals surface area contributed by atoms with E-state index in [9.17, 15) is 9.59 Å². The van der Waals surface area contributed by atoms with Gasteiger partial charge in [0.1, 0.15) is 11.5 Å². The summed E-state index contributed by atoms with van der Waals surface area (Å²) in [6.45, 7) is 8.76. The first-order chi connectivity index (χ1) is 12.5. The Morgan fingerprint density at radius 3 is 2.33 bits per heavy atom. The second-order valence-corrected chi connectivity index (χ2v) is 8.16. The van der Waals surface area contributed by atoms with Crippen molar-refractivity contribution in [3.8, 4) is 0 Å². The predicted octanol–water partition coefficient (Wildman–Crippen LogP) is 4.96. The van der Waals surface area contributed by atoms with Crippen LogP contribution in [0.1, 0.15) is 46.1 Å². The number of carbonyl (C=O) groups excluding carboxylic acids is 2. The number of carbonyl (C=O) groups is 2. The van der Waals surface area contributed by atoms with Gasteiger partial charge in [-0.05, 0) is 46.2 Å². The molecule has 2 unspecified atom stereocenters. The number of methoxy groups -OCH3 is 1. The number of rotatable bonds is 3. The molecule has 1 aromatic carbocycles. The summed E-state index contributed by atoms with van der Waals surface area (Å²) in [6.07, 6.45) is 0. The van der Waals surface area contributed by atoms with Gasteiger partial charge in [-0.15, -0.1) is 0 Å². The molecule has 5 nitrogen and oxygen atoms in total. The number of esters is 2.